The van der Waals surface area contributed by atoms with Crippen LogP contribution in [-0.4, -0.2) is 50.7 Å². The minimum Gasteiger partial charge on any atom is -0.335 e. The number of piperazine rings is 1. The number of hydrogen-bond donors (Lipinski definition) is 4. The van der Waals surface area contributed by atoms with Crippen molar-refractivity contribution in [2.75, 3.05) is 32.7 Å². The summed E-state index contributed by atoms with van der Waals surface area (Å²) in [4.78, 5) is 28.2. The van der Waals surface area contributed by atoms with Crippen molar-refractivity contribution in [1.82, 2.24) is 10.6 Å². The average molecular weight is 401 g/mol. The Kier molecular flexibility index (Phi) is 7.31. The van der Waals surface area contributed by atoms with Crippen molar-refractivity contribution < 1.29 is 19.4 Å². The fraction of sp³-hybridized carbons (Fsp3) is 0.667. The maximum Gasteiger partial charge on any atom is 0.321 e. The Balaban J connectivity index is 1.33. The first-order valence-corrected chi connectivity index (χ1v) is 10.8. The van der Waals surface area contributed by atoms with Gasteiger partial charge in [-0.15, -0.1) is 11.3 Å². The lowest BCUT2D eigenvalue weighted by Gasteiger charge is -2.29. The van der Waals surface area contributed by atoms with Crippen LogP contribution >= 0.6 is 22.9 Å². The summed E-state index contributed by atoms with van der Waals surface area (Å²) < 4.78 is 0.840. The van der Waals surface area contributed by atoms with E-state index in [1.165, 1.54) is 21.1 Å². The summed E-state index contributed by atoms with van der Waals surface area (Å²) in [5.74, 6) is -0.179. The first-order valence-electron chi connectivity index (χ1n) is 9.60. The van der Waals surface area contributed by atoms with E-state index in [0.717, 1.165) is 62.7 Å². The fourth-order valence-electron chi connectivity index (χ4n) is 3.87. The molecule has 1 saturated heterocycles. The van der Waals surface area contributed by atoms with Crippen molar-refractivity contribution in [3.8, 4) is 0 Å². The van der Waals surface area contributed by atoms with Gasteiger partial charge in [-0.2, -0.15) is 0 Å². The lowest BCUT2D eigenvalue weighted by Crippen LogP contribution is -3.28. The molecule has 6 nitrogen and oxygen atoms in total. The third-order valence-electron chi connectivity index (χ3n) is 5.32. The van der Waals surface area contributed by atoms with Gasteiger partial charge in [-0.1, -0.05) is 30.9 Å². The third-order valence-corrected chi connectivity index (χ3v) is 6.55. The van der Waals surface area contributed by atoms with Gasteiger partial charge in [0.1, 0.15) is 32.7 Å². The summed E-state index contributed by atoms with van der Waals surface area (Å²) in [5.41, 5.74) is 0. The van der Waals surface area contributed by atoms with Gasteiger partial charge in [-0.3, -0.25) is 10.1 Å². The van der Waals surface area contributed by atoms with E-state index >= 15 is 0 Å². The number of hydrogen-bond acceptors (Lipinski definition) is 3. The molecule has 1 aromatic heterocycles. The minimum absolute atomic E-state index is 0.179. The van der Waals surface area contributed by atoms with E-state index in [0.29, 0.717) is 6.54 Å². The lowest BCUT2D eigenvalue weighted by molar-refractivity contribution is -1.01. The van der Waals surface area contributed by atoms with Crippen LogP contribution in [0, 0.1) is 0 Å². The van der Waals surface area contributed by atoms with Crippen LogP contribution in [0.25, 0.3) is 0 Å². The Morgan fingerprint density at radius 3 is 2.42 bits per heavy atom. The Morgan fingerprint density at radius 2 is 1.77 bits per heavy atom. The molecule has 3 rings (SSSR count). The summed E-state index contributed by atoms with van der Waals surface area (Å²) in [6.07, 6.45) is 5.61. The average Bonchev–Trinajstić information content (AvgIpc) is 3.02. The molecule has 1 aliphatic carbocycles. The topological polar surface area (TPSA) is 67.1 Å². The summed E-state index contributed by atoms with van der Waals surface area (Å²) in [6.45, 7) is 5.34. The summed E-state index contributed by atoms with van der Waals surface area (Å²) in [7, 11) is 0. The highest BCUT2D eigenvalue weighted by Gasteiger charge is 2.26. The van der Waals surface area contributed by atoms with E-state index in [-0.39, 0.29) is 18.0 Å². The fourth-order valence-corrected chi connectivity index (χ4v) is 5.03. The van der Waals surface area contributed by atoms with E-state index in [1.54, 1.807) is 11.3 Å². The molecule has 8 heteroatoms. The van der Waals surface area contributed by atoms with Crippen LogP contribution in [0.15, 0.2) is 12.1 Å². The molecule has 0 bridgehead atoms. The Bertz CT molecular complexity index is 610. The van der Waals surface area contributed by atoms with Crippen LogP contribution in [0.4, 0.5) is 4.79 Å². The predicted octanol–water partition coefficient (Wildman–Crippen LogP) is -0.157. The quantitative estimate of drug-likeness (QED) is 0.555. The summed E-state index contributed by atoms with van der Waals surface area (Å²) >= 11 is 7.63. The standard InChI is InChI=1S/C18H27ClN4O2S/c19-16-7-6-15(26-16)12-22-8-10-23(11-9-22)13-17(24)21-18(25)20-14-4-2-1-3-5-14/h6-7,14H,1-5,8-13H2,(H2,20,21,24,25)/p+2. The number of amides is 3. The second-order valence-corrected chi connectivity index (χ2v) is 9.22. The maximum absolute atomic E-state index is 12.1. The number of quaternary nitrogens is 2. The van der Waals surface area contributed by atoms with Gasteiger partial charge in [0.05, 0.1) is 9.21 Å². The van der Waals surface area contributed by atoms with Gasteiger partial charge in [0.2, 0.25) is 0 Å². The van der Waals surface area contributed by atoms with Crippen LogP contribution in [0.3, 0.4) is 0 Å². The van der Waals surface area contributed by atoms with Gasteiger partial charge in [-0.25, -0.2) is 4.79 Å². The molecular weight excluding hydrogens is 372 g/mol. The molecule has 2 fully saturated rings. The molecule has 3 amide bonds. The SMILES string of the molecule is O=C(C[NH+]1CC[NH+](Cc2ccc(Cl)s2)CC1)NC(=O)NC1CCCCC1. The zero-order valence-electron chi connectivity index (χ0n) is 15.1. The summed E-state index contributed by atoms with van der Waals surface area (Å²) in [5, 5.41) is 5.43. The molecule has 26 heavy (non-hydrogen) atoms. The monoisotopic (exact) mass is 400 g/mol. The van der Waals surface area contributed by atoms with Gasteiger partial charge in [0.25, 0.3) is 5.91 Å². The second-order valence-electron chi connectivity index (χ2n) is 7.42. The highest BCUT2D eigenvalue weighted by molar-refractivity contribution is 7.16. The molecule has 2 aliphatic rings. The maximum atomic E-state index is 12.1. The van der Waals surface area contributed by atoms with E-state index in [1.807, 2.05) is 6.07 Å². The number of nitrogens with one attached hydrogen (secondary N) is 4. The third kappa shape index (κ3) is 6.23. The number of rotatable bonds is 5. The van der Waals surface area contributed by atoms with Gasteiger partial charge in [0.15, 0.2) is 6.54 Å². The highest BCUT2D eigenvalue weighted by atomic mass is 35.5. The van der Waals surface area contributed by atoms with E-state index in [4.69, 9.17) is 11.6 Å². The summed E-state index contributed by atoms with van der Waals surface area (Å²) in [6, 6.07) is 3.94. The van der Waals surface area contributed by atoms with Crippen molar-refractivity contribution in [3.05, 3.63) is 21.3 Å². The normalized spacial score (nSPS) is 24.2. The number of halogens is 1. The molecule has 0 atom stereocenters. The van der Waals surface area contributed by atoms with Gasteiger partial charge in [0, 0.05) is 6.04 Å². The zero-order chi connectivity index (χ0) is 18.4. The number of thiophene rings is 1. The Morgan fingerprint density at radius 1 is 1.08 bits per heavy atom. The Labute approximate surface area is 163 Å². The van der Waals surface area contributed by atoms with Gasteiger partial charge >= 0.3 is 6.03 Å². The molecule has 2 heterocycles. The van der Waals surface area contributed by atoms with Crippen LogP contribution < -0.4 is 20.4 Å². The molecule has 0 aromatic carbocycles. The number of carbonyl (C=O) groups excluding carboxylic acids is 2. The van der Waals surface area contributed by atoms with Crippen molar-refractivity contribution >= 4 is 34.9 Å². The number of carbonyl (C=O) groups is 2. The largest absolute Gasteiger partial charge is 0.335 e. The first-order chi connectivity index (χ1) is 12.6. The molecule has 0 unspecified atom stereocenters. The molecular formula is C18H29ClN4O2S+2. The van der Waals surface area contributed by atoms with Gasteiger partial charge < -0.3 is 15.1 Å². The van der Waals surface area contributed by atoms with Crippen LogP contribution in [-0.2, 0) is 11.3 Å². The van der Waals surface area contributed by atoms with Gasteiger partial charge in [-0.05, 0) is 25.0 Å². The Hall–Kier alpha value is -1.15. The molecule has 0 radical (unpaired) electrons. The minimum atomic E-state index is -0.333. The second kappa shape index (κ2) is 9.69. The van der Waals surface area contributed by atoms with E-state index in [9.17, 15) is 9.59 Å². The molecule has 4 N–H and O–H groups in total. The first kappa shape index (κ1) is 19.6. The van der Waals surface area contributed by atoms with Crippen molar-refractivity contribution in [3.63, 3.8) is 0 Å². The van der Waals surface area contributed by atoms with Crippen LogP contribution in [0.5, 0.6) is 0 Å². The molecule has 1 aromatic rings. The number of imide groups is 1. The van der Waals surface area contributed by atoms with Crippen LogP contribution in [0.2, 0.25) is 4.34 Å². The van der Waals surface area contributed by atoms with Crippen molar-refractivity contribution in [1.29, 1.82) is 0 Å². The molecule has 1 saturated carbocycles. The van der Waals surface area contributed by atoms with E-state index in [2.05, 4.69) is 16.7 Å². The zero-order valence-corrected chi connectivity index (χ0v) is 16.7. The molecule has 1 aliphatic heterocycles. The highest BCUT2D eigenvalue weighted by Crippen LogP contribution is 2.20. The van der Waals surface area contributed by atoms with Crippen molar-refractivity contribution in [2.24, 2.45) is 0 Å². The molecule has 0 spiro atoms. The predicted molar refractivity (Wildman–Crippen MR) is 103 cm³/mol. The lowest BCUT2D eigenvalue weighted by atomic mass is 9.96. The van der Waals surface area contributed by atoms with Crippen molar-refractivity contribution in [2.45, 2.75) is 44.7 Å². The smallest absolute Gasteiger partial charge is 0.321 e. The van der Waals surface area contributed by atoms with Crippen LogP contribution in [0.1, 0.15) is 37.0 Å². The number of urea groups is 1. The molecule has 144 valence electrons. The van der Waals surface area contributed by atoms with E-state index < -0.39 is 0 Å².